The Kier molecular flexibility index (Phi) is 4.04. The van der Waals surface area contributed by atoms with E-state index < -0.39 is 0 Å². The molecule has 0 radical (unpaired) electrons. The second-order valence-electron chi connectivity index (χ2n) is 5.33. The predicted octanol–water partition coefficient (Wildman–Crippen LogP) is 4.25. The van der Waals surface area contributed by atoms with E-state index in [2.05, 4.69) is 21.2 Å². The van der Waals surface area contributed by atoms with Crippen molar-refractivity contribution in [3.8, 4) is 16.2 Å². The largest absolute Gasteiger partial charge is 0.493 e. The maximum Gasteiger partial charge on any atom is 0.261 e. The Bertz CT molecular complexity index is 694. The first-order valence-corrected chi connectivity index (χ1v) is 8.52. The van der Waals surface area contributed by atoms with Gasteiger partial charge in [0.2, 0.25) is 0 Å². The lowest BCUT2D eigenvalue weighted by molar-refractivity contribution is 0.0947. The van der Waals surface area contributed by atoms with Crippen molar-refractivity contribution in [3.05, 3.63) is 39.2 Å². The monoisotopic (exact) mass is 365 g/mol. The molecule has 1 aliphatic rings. The first-order chi connectivity index (χ1) is 10.0. The minimum absolute atomic E-state index is 0.00246. The topological polar surface area (TPSA) is 38.3 Å². The van der Waals surface area contributed by atoms with Gasteiger partial charge in [-0.15, -0.1) is 11.3 Å². The van der Waals surface area contributed by atoms with Crippen molar-refractivity contribution in [1.82, 2.24) is 5.32 Å². The van der Waals surface area contributed by atoms with Gasteiger partial charge >= 0.3 is 0 Å². The number of rotatable bonds is 2. The van der Waals surface area contributed by atoms with Crippen LogP contribution < -0.4 is 10.1 Å². The van der Waals surface area contributed by atoms with Crippen molar-refractivity contribution in [3.63, 3.8) is 0 Å². The van der Waals surface area contributed by atoms with Gasteiger partial charge in [0, 0.05) is 27.4 Å². The van der Waals surface area contributed by atoms with E-state index in [0.717, 1.165) is 32.0 Å². The molecule has 1 aromatic heterocycles. The number of thiophene rings is 1. The lowest BCUT2D eigenvalue weighted by Gasteiger charge is -2.08. The van der Waals surface area contributed by atoms with Crippen LogP contribution in [0.15, 0.2) is 28.7 Å². The SMILES string of the molecule is CC(C)NC(=O)c1cc2c(s1)-c1ccc(Br)cc1OCC2. The molecule has 1 amide bonds. The molecule has 0 aliphatic carbocycles. The Morgan fingerprint density at radius 3 is 2.95 bits per heavy atom. The summed E-state index contributed by atoms with van der Waals surface area (Å²) in [5, 5.41) is 2.95. The van der Waals surface area contributed by atoms with Crippen LogP contribution in [0.3, 0.4) is 0 Å². The number of carbonyl (C=O) groups is 1. The van der Waals surface area contributed by atoms with Gasteiger partial charge in [0.05, 0.1) is 11.5 Å². The van der Waals surface area contributed by atoms with E-state index in [0.29, 0.717) is 6.61 Å². The molecule has 2 heterocycles. The minimum Gasteiger partial charge on any atom is -0.493 e. The van der Waals surface area contributed by atoms with Gasteiger partial charge in [0.1, 0.15) is 5.75 Å². The molecule has 0 bridgehead atoms. The van der Waals surface area contributed by atoms with Gasteiger partial charge < -0.3 is 10.1 Å². The number of halogens is 1. The van der Waals surface area contributed by atoms with Crippen LogP contribution in [-0.2, 0) is 6.42 Å². The normalized spacial score (nSPS) is 13.1. The molecule has 110 valence electrons. The molecule has 2 aromatic rings. The highest BCUT2D eigenvalue weighted by atomic mass is 79.9. The van der Waals surface area contributed by atoms with Gasteiger partial charge in [-0.05, 0) is 43.7 Å². The summed E-state index contributed by atoms with van der Waals surface area (Å²) in [6.45, 7) is 4.58. The minimum atomic E-state index is 0.00246. The fraction of sp³-hybridized carbons (Fsp3) is 0.312. The molecule has 21 heavy (non-hydrogen) atoms. The molecule has 0 saturated carbocycles. The van der Waals surface area contributed by atoms with Crippen LogP contribution in [0.1, 0.15) is 29.1 Å². The molecule has 0 saturated heterocycles. The van der Waals surface area contributed by atoms with Crippen LogP contribution in [0.25, 0.3) is 10.4 Å². The van der Waals surface area contributed by atoms with Crippen molar-refractivity contribution >= 4 is 33.2 Å². The van der Waals surface area contributed by atoms with E-state index in [4.69, 9.17) is 4.74 Å². The predicted molar refractivity (Wildman–Crippen MR) is 89.3 cm³/mol. The average Bonchev–Trinajstić information content (AvgIpc) is 2.75. The number of ether oxygens (including phenoxy) is 1. The molecule has 0 atom stereocenters. The van der Waals surface area contributed by atoms with E-state index in [-0.39, 0.29) is 11.9 Å². The zero-order valence-electron chi connectivity index (χ0n) is 11.9. The van der Waals surface area contributed by atoms with E-state index in [1.54, 1.807) is 0 Å². The molecule has 3 nitrogen and oxygen atoms in total. The lowest BCUT2D eigenvalue weighted by atomic mass is 10.1. The highest BCUT2D eigenvalue weighted by Crippen LogP contribution is 2.41. The molecule has 5 heteroatoms. The van der Waals surface area contributed by atoms with E-state index in [1.807, 2.05) is 38.1 Å². The van der Waals surface area contributed by atoms with Crippen molar-refractivity contribution in [2.24, 2.45) is 0 Å². The third-order valence-electron chi connectivity index (χ3n) is 3.27. The molecule has 0 spiro atoms. The van der Waals surface area contributed by atoms with Crippen molar-refractivity contribution < 1.29 is 9.53 Å². The Hall–Kier alpha value is -1.33. The van der Waals surface area contributed by atoms with E-state index in [9.17, 15) is 4.79 Å². The summed E-state index contributed by atoms with van der Waals surface area (Å²) in [5.74, 6) is 0.878. The van der Waals surface area contributed by atoms with Crippen molar-refractivity contribution in [2.45, 2.75) is 26.3 Å². The van der Waals surface area contributed by atoms with E-state index >= 15 is 0 Å². The van der Waals surface area contributed by atoms with E-state index in [1.165, 1.54) is 16.9 Å². The van der Waals surface area contributed by atoms with Crippen LogP contribution >= 0.6 is 27.3 Å². The summed E-state index contributed by atoms with van der Waals surface area (Å²) in [6.07, 6.45) is 0.826. The van der Waals surface area contributed by atoms with Crippen molar-refractivity contribution in [1.29, 1.82) is 0 Å². The number of carbonyl (C=O) groups excluding carboxylic acids is 1. The number of nitrogens with one attached hydrogen (secondary N) is 1. The maximum atomic E-state index is 12.2. The molecular formula is C16H16BrNO2S. The highest BCUT2D eigenvalue weighted by Gasteiger charge is 2.21. The summed E-state index contributed by atoms with van der Waals surface area (Å²) in [7, 11) is 0. The third kappa shape index (κ3) is 2.99. The maximum absolute atomic E-state index is 12.2. The quantitative estimate of drug-likeness (QED) is 0.863. The zero-order valence-corrected chi connectivity index (χ0v) is 14.3. The van der Waals surface area contributed by atoms with Crippen LogP contribution in [0.5, 0.6) is 5.75 Å². The van der Waals surface area contributed by atoms with Crippen LogP contribution in [0, 0.1) is 0 Å². The lowest BCUT2D eigenvalue weighted by Crippen LogP contribution is -2.29. The van der Waals surface area contributed by atoms with Gasteiger partial charge in [-0.25, -0.2) is 0 Å². The van der Waals surface area contributed by atoms with Gasteiger partial charge in [-0.3, -0.25) is 4.79 Å². The molecule has 1 aliphatic heterocycles. The number of fused-ring (bicyclic) bond motifs is 3. The van der Waals surface area contributed by atoms with Gasteiger partial charge in [-0.2, -0.15) is 0 Å². The molecule has 3 rings (SSSR count). The number of benzene rings is 1. The molecule has 1 N–H and O–H groups in total. The molecule has 1 aromatic carbocycles. The van der Waals surface area contributed by atoms with Gasteiger partial charge in [0.25, 0.3) is 5.91 Å². The summed E-state index contributed by atoms with van der Waals surface area (Å²) in [5.41, 5.74) is 2.26. The number of hydrogen-bond donors (Lipinski definition) is 1. The van der Waals surface area contributed by atoms with Gasteiger partial charge in [0.15, 0.2) is 0 Å². The smallest absolute Gasteiger partial charge is 0.261 e. The molecular weight excluding hydrogens is 350 g/mol. The summed E-state index contributed by atoms with van der Waals surface area (Å²) in [6, 6.07) is 8.18. The Labute approximate surface area is 136 Å². The standard InChI is InChI=1S/C16H16BrNO2S/c1-9(2)18-16(19)14-7-10-5-6-20-13-8-11(17)3-4-12(13)15(10)21-14/h3-4,7-9H,5-6H2,1-2H3,(H,18,19). The first-order valence-electron chi connectivity index (χ1n) is 6.91. The second-order valence-corrected chi connectivity index (χ2v) is 7.30. The Morgan fingerprint density at radius 2 is 2.19 bits per heavy atom. The second kappa shape index (κ2) is 5.81. The summed E-state index contributed by atoms with van der Waals surface area (Å²) >= 11 is 5.01. The fourth-order valence-corrected chi connectivity index (χ4v) is 3.85. The van der Waals surface area contributed by atoms with Crippen LogP contribution in [-0.4, -0.2) is 18.6 Å². The van der Waals surface area contributed by atoms with Crippen LogP contribution in [0.4, 0.5) is 0 Å². The fourth-order valence-electron chi connectivity index (χ4n) is 2.36. The number of hydrogen-bond acceptors (Lipinski definition) is 3. The molecule has 0 unspecified atom stereocenters. The highest BCUT2D eigenvalue weighted by molar-refractivity contribution is 9.10. The summed E-state index contributed by atoms with van der Waals surface area (Å²) in [4.78, 5) is 14.1. The Morgan fingerprint density at radius 1 is 1.38 bits per heavy atom. The zero-order chi connectivity index (χ0) is 15.0. The summed E-state index contributed by atoms with van der Waals surface area (Å²) < 4.78 is 6.81. The average molecular weight is 366 g/mol. The number of amides is 1. The third-order valence-corrected chi connectivity index (χ3v) is 4.97. The van der Waals surface area contributed by atoms with Gasteiger partial charge in [-0.1, -0.05) is 15.9 Å². The Balaban J connectivity index is 2.03. The molecule has 0 fully saturated rings. The van der Waals surface area contributed by atoms with Crippen LogP contribution in [0.2, 0.25) is 0 Å². The van der Waals surface area contributed by atoms with Crippen molar-refractivity contribution in [2.75, 3.05) is 6.61 Å². The first kappa shape index (κ1) is 14.6.